The van der Waals surface area contributed by atoms with Gasteiger partial charge in [-0.2, -0.15) is 0 Å². The van der Waals surface area contributed by atoms with Gasteiger partial charge in [-0.25, -0.2) is 4.39 Å². The maximum absolute atomic E-state index is 14.1. The second-order valence-electron chi connectivity index (χ2n) is 6.95. The van der Waals surface area contributed by atoms with Gasteiger partial charge in [0.05, 0.1) is 5.75 Å². The number of thioether (sulfide) groups is 1. The average molecular weight is 441 g/mol. The Hall–Kier alpha value is -2.83. The SMILES string of the molecule is Cc1ccc(N2C(=O)CSC2c2cccc(NC(=O)c3ccc(Cl)cc3)c2)cc1F. The summed E-state index contributed by atoms with van der Waals surface area (Å²) in [5.41, 5.74) is 3.00. The molecule has 30 heavy (non-hydrogen) atoms. The van der Waals surface area contributed by atoms with Crippen molar-refractivity contribution in [1.29, 1.82) is 0 Å². The average Bonchev–Trinajstić information content (AvgIpc) is 3.12. The first-order chi connectivity index (χ1) is 14.4. The van der Waals surface area contributed by atoms with Gasteiger partial charge in [0.2, 0.25) is 5.91 Å². The lowest BCUT2D eigenvalue weighted by atomic mass is 10.1. The summed E-state index contributed by atoms with van der Waals surface area (Å²) in [5, 5.41) is 3.13. The van der Waals surface area contributed by atoms with Gasteiger partial charge in [0, 0.05) is 22.0 Å². The molecule has 0 aromatic heterocycles. The summed E-state index contributed by atoms with van der Waals surface area (Å²) in [7, 11) is 0. The van der Waals surface area contributed by atoms with Crippen molar-refractivity contribution in [3.8, 4) is 0 Å². The standard InChI is InChI=1S/C23H18ClFN2O2S/c1-14-5-10-19(12-20(14)25)27-21(28)13-30-23(27)16-3-2-4-18(11-16)26-22(29)15-6-8-17(24)9-7-15/h2-12,23H,13H2,1H3,(H,26,29). The smallest absolute Gasteiger partial charge is 0.255 e. The molecule has 1 unspecified atom stereocenters. The van der Waals surface area contributed by atoms with Crippen LogP contribution in [0.1, 0.15) is 26.9 Å². The minimum Gasteiger partial charge on any atom is -0.322 e. The van der Waals surface area contributed by atoms with E-state index in [2.05, 4.69) is 5.32 Å². The number of benzene rings is 3. The first-order valence-electron chi connectivity index (χ1n) is 9.29. The second-order valence-corrected chi connectivity index (χ2v) is 8.45. The van der Waals surface area contributed by atoms with Crippen LogP contribution >= 0.6 is 23.4 Å². The molecule has 1 heterocycles. The molecule has 3 aromatic rings. The number of hydrogen-bond donors (Lipinski definition) is 1. The van der Waals surface area contributed by atoms with Crippen LogP contribution in [0, 0.1) is 12.7 Å². The number of anilines is 2. The summed E-state index contributed by atoms with van der Waals surface area (Å²) in [4.78, 5) is 26.6. The van der Waals surface area contributed by atoms with Gasteiger partial charge in [-0.3, -0.25) is 14.5 Å². The largest absolute Gasteiger partial charge is 0.322 e. The van der Waals surface area contributed by atoms with E-state index in [9.17, 15) is 14.0 Å². The first-order valence-corrected chi connectivity index (χ1v) is 10.7. The predicted molar refractivity (Wildman–Crippen MR) is 120 cm³/mol. The number of carbonyl (C=O) groups excluding carboxylic acids is 2. The van der Waals surface area contributed by atoms with Crippen LogP contribution in [0.25, 0.3) is 0 Å². The molecule has 1 N–H and O–H groups in total. The number of nitrogens with zero attached hydrogens (tertiary/aromatic N) is 1. The molecule has 152 valence electrons. The Balaban J connectivity index is 1.59. The Kier molecular flexibility index (Phi) is 5.79. The monoisotopic (exact) mass is 440 g/mol. The van der Waals surface area contributed by atoms with E-state index < -0.39 is 0 Å². The predicted octanol–water partition coefficient (Wildman–Crippen LogP) is 5.82. The second kappa shape index (κ2) is 8.50. The molecular formula is C23H18ClFN2O2S. The van der Waals surface area contributed by atoms with Crippen molar-refractivity contribution in [2.45, 2.75) is 12.3 Å². The van der Waals surface area contributed by atoms with E-state index in [-0.39, 0.29) is 23.0 Å². The van der Waals surface area contributed by atoms with Crippen molar-refractivity contribution in [3.63, 3.8) is 0 Å². The molecular weight excluding hydrogens is 423 g/mol. The molecule has 1 atom stereocenters. The molecule has 1 saturated heterocycles. The third-order valence-corrected chi connectivity index (χ3v) is 6.30. The summed E-state index contributed by atoms with van der Waals surface area (Å²) in [5.74, 6) is -0.373. The van der Waals surface area contributed by atoms with Gasteiger partial charge in [0.15, 0.2) is 0 Å². The van der Waals surface area contributed by atoms with Crippen LogP contribution < -0.4 is 10.2 Å². The molecule has 1 aliphatic rings. The van der Waals surface area contributed by atoms with Crippen LogP contribution in [0.5, 0.6) is 0 Å². The van der Waals surface area contributed by atoms with Gasteiger partial charge < -0.3 is 5.32 Å². The van der Waals surface area contributed by atoms with E-state index in [1.165, 1.54) is 17.8 Å². The maximum Gasteiger partial charge on any atom is 0.255 e. The minimum absolute atomic E-state index is 0.0798. The topological polar surface area (TPSA) is 49.4 Å². The summed E-state index contributed by atoms with van der Waals surface area (Å²) < 4.78 is 14.1. The summed E-state index contributed by atoms with van der Waals surface area (Å²) in [6, 6.07) is 18.8. The molecule has 0 spiro atoms. The maximum atomic E-state index is 14.1. The normalized spacial score (nSPS) is 16.0. The highest BCUT2D eigenvalue weighted by molar-refractivity contribution is 8.00. The molecule has 0 aliphatic carbocycles. The molecule has 0 saturated carbocycles. The lowest BCUT2D eigenvalue weighted by Crippen LogP contribution is -2.28. The zero-order valence-electron chi connectivity index (χ0n) is 16.1. The van der Waals surface area contributed by atoms with Gasteiger partial charge in [-0.1, -0.05) is 29.8 Å². The Morgan fingerprint density at radius 2 is 1.90 bits per heavy atom. The summed E-state index contributed by atoms with van der Waals surface area (Å²) in [6.07, 6.45) is 0. The number of rotatable bonds is 4. The van der Waals surface area contributed by atoms with E-state index in [4.69, 9.17) is 11.6 Å². The van der Waals surface area contributed by atoms with Crippen molar-refractivity contribution < 1.29 is 14.0 Å². The van der Waals surface area contributed by atoms with Crippen LogP contribution in [0.3, 0.4) is 0 Å². The van der Waals surface area contributed by atoms with E-state index in [1.54, 1.807) is 54.3 Å². The minimum atomic E-state index is -0.347. The van der Waals surface area contributed by atoms with Crippen molar-refractivity contribution in [2.24, 2.45) is 0 Å². The van der Waals surface area contributed by atoms with Crippen LogP contribution in [-0.2, 0) is 4.79 Å². The molecule has 4 rings (SSSR count). The van der Waals surface area contributed by atoms with E-state index >= 15 is 0 Å². The van der Waals surface area contributed by atoms with Crippen molar-refractivity contribution >= 4 is 46.6 Å². The van der Waals surface area contributed by atoms with Gasteiger partial charge in [-0.05, 0) is 66.6 Å². The number of aryl methyl sites for hydroxylation is 1. The quantitative estimate of drug-likeness (QED) is 0.556. The molecule has 0 radical (unpaired) electrons. The van der Waals surface area contributed by atoms with Gasteiger partial charge >= 0.3 is 0 Å². The van der Waals surface area contributed by atoms with Crippen molar-refractivity contribution in [3.05, 3.63) is 94.3 Å². The Bertz CT molecular complexity index is 1120. The highest BCUT2D eigenvalue weighted by Crippen LogP contribution is 2.42. The Labute approximate surface area is 183 Å². The fourth-order valence-corrected chi connectivity index (χ4v) is 4.55. The van der Waals surface area contributed by atoms with E-state index in [0.29, 0.717) is 33.3 Å². The highest BCUT2D eigenvalue weighted by Gasteiger charge is 2.34. The molecule has 1 fully saturated rings. The van der Waals surface area contributed by atoms with Crippen LogP contribution in [0.2, 0.25) is 5.02 Å². The fourth-order valence-electron chi connectivity index (χ4n) is 3.26. The fraction of sp³-hybridized carbons (Fsp3) is 0.130. The van der Waals surface area contributed by atoms with Crippen LogP contribution in [0.15, 0.2) is 66.7 Å². The van der Waals surface area contributed by atoms with Crippen LogP contribution in [0.4, 0.5) is 15.8 Å². The van der Waals surface area contributed by atoms with Crippen molar-refractivity contribution in [2.75, 3.05) is 16.0 Å². The third kappa shape index (κ3) is 4.20. The summed E-state index contributed by atoms with van der Waals surface area (Å²) in [6.45, 7) is 1.68. The third-order valence-electron chi connectivity index (χ3n) is 4.84. The number of halogens is 2. The van der Waals surface area contributed by atoms with Gasteiger partial charge in [-0.15, -0.1) is 11.8 Å². The molecule has 4 nitrogen and oxygen atoms in total. The van der Waals surface area contributed by atoms with E-state index in [0.717, 1.165) is 5.56 Å². The summed E-state index contributed by atoms with van der Waals surface area (Å²) >= 11 is 7.34. The molecule has 3 aromatic carbocycles. The zero-order chi connectivity index (χ0) is 21.3. The lowest BCUT2D eigenvalue weighted by molar-refractivity contribution is -0.115. The lowest BCUT2D eigenvalue weighted by Gasteiger charge is -2.25. The number of nitrogens with one attached hydrogen (secondary N) is 1. The molecule has 1 aliphatic heterocycles. The van der Waals surface area contributed by atoms with Crippen LogP contribution in [-0.4, -0.2) is 17.6 Å². The van der Waals surface area contributed by atoms with Gasteiger partial charge in [0.25, 0.3) is 5.91 Å². The Morgan fingerprint density at radius 3 is 2.63 bits per heavy atom. The molecule has 2 amide bonds. The number of amides is 2. The number of carbonyl (C=O) groups is 2. The molecule has 0 bridgehead atoms. The highest BCUT2D eigenvalue weighted by atomic mass is 35.5. The zero-order valence-corrected chi connectivity index (χ0v) is 17.6. The van der Waals surface area contributed by atoms with Gasteiger partial charge in [0.1, 0.15) is 11.2 Å². The van der Waals surface area contributed by atoms with Crippen molar-refractivity contribution in [1.82, 2.24) is 0 Å². The Morgan fingerprint density at radius 1 is 1.13 bits per heavy atom. The molecule has 7 heteroatoms. The number of hydrogen-bond acceptors (Lipinski definition) is 3. The first kappa shape index (κ1) is 20.4. The van der Waals surface area contributed by atoms with E-state index in [1.807, 2.05) is 18.2 Å².